The predicted molar refractivity (Wildman–Crippen MR) is 116 cm³/mol. The third-order valence-corrected chi connectivity index (χ3v) is 4.98. The zero-order valence-electron chi connectivity index (χ0n) is 17.0. The Morgan fingerprint density at radius 1 is 1.15 bits per heavy atom. The van der Waals surface area contributed by atoms with E-state index in [0.717, 1.165) is 12.8 Å². The second-order valence-corrected chi connectivity index (χ2v) is 7.31. The summed E-state index contributed by atoms with van der Waals surface area (Å²) in [7, 11) is 0. The average molecular weight is 346 g/mol. The summed E-state index contributed by atoms with van der Waals surface area (Å²) in [6, 6.07) is 9.13. The summed E-state index contributed by atoms with van der Waals surface area (Å²) in [5.41, 5.74) is 6.79. The second kappa shape index (κ2) is 10.1. The smallest absolute Gasteiger partial charge is 0.0838 e. The van der Waals surface area contributed by atoms with Crippen LogP contribution >= 0.6 is 0 Å². The van der Waals surface area contributed by atoms with E-state index in [9.17, 15) is 0 Å². The van der Waals surface area contributed by atoms with Gasteiger partial charge < -0.3 is 0 Å². The summed E-state index contributed by atoms with van der Waals surface area (Å²) < 4.78 is 0. The lowest BCUT2D eigenvalue weighted by Crippen LogP contribution is -1.99. The summed E-state index contributed by atoms with van der Waals surface area (Å²) in [5, 5.41) is 0. The molecule has 0 amide bonds. The Balaban J connectivity index is 2.06. The predicted octanol–water partition coefficient (Wildman–Crippen LogP) is 7.51. The zero-order valence-corrected chi connectivity index (χ0v) is 17.0. The van der Waals surface area contributed by atoms with Crippen molar-refractivity contribution in [2.45, 2.75) is 53.9 Å². The number of hydrogen-bond acceptors (Lipinski definition) is 0. The van der Waals surface area contributed by atoms with Gasteiger partial charge in [-0.25, -0.2) is 0 Å². The van der Waals surface area contributed by atoms with E-state index in [1.807, 2.05) is 6.92 Å². The van der Waals surface area contributed by atoms with Gasteiger partial charge in [0.1, 0.15) is 5.57 Å². The van der Waals surface area contributed by atoms with Crippen LogP contribution in [0.5, 0.6) is 0 Å². The molecule has 0 heteroatoms. The van der Waals surface area contributed by atoms with Gasteiger partial charge >= 0.3 is 0 Å². The number of benzene rings is 1. The van der Waals surface area contributed by atoms with Gasteiger partial charge in [-0.05, 0) is 42.5 Å². The highest BCUT2D eigenvalue weighted by Crippen LogP contribution is 2.25. The summed E-state index contributed by atoms with van der Waals surface area (Å²) in [6.45, 7) is 10.8. The molecule has 1 aromatic carbocycles. The van der Waals surface area contributed by atoms with Gasteiger partial charge in [-0.2, -0.15) is 0 Å². The van der Waals surface area contributed by atoms with Gasteiger partial charge in [0.05, 0.1) is 13.0 Å². The van der Waals surface area contributed by atoms with Gasteiger partial charge in [0.2, 0.25) is 0 Å². The molecule has 0 radical (unpaired) electrons. The topological polar surface area (TPSA) is 0 Å². The maximum Gasteiger partial charge on any atom is 0.176 e. The molecule has 0 N–H and O–H groups in total. The first-order valence-electron chi connectivity index (χ1n) is 9.95. The molecule has 0 saturated carbocycles. The first-order chi connectivity index (χ1) is 12.6. The van der Waals surface area contributed by atoms with Crippen molar-refractivity contribution in [3.63, 3.8) is 0 Å². The minimum absolute atomic E-state index is 0.441. The average Bonchev–Trinajstić information content (AvgIpc) is 2.86. The monoisotopic (exact) mass is 345 g/mol. The van der Waals surface area contributed by atoms with E-state index in [1.54, 1.807) is 0 Å². The van der Waals surface area contributed by atoms with Gasteiger partial charge in [0.25, 0.3) is 0 Å². The lowest BCUT2D eigenvalue weighted by molar-refractivity contribution is 0.775. The van der Waals surface area contributed by atoms with Gasteiger partial charge in [-0.1, -0.05) is 69.7 Å². The lowest BCUT2D eigenvalue weighted by atomic mass is 9.93. The molecule has 2 rings (SSSR count). The number of hydrogen-bond donors (Lipinski definition) is 0. The summed E-state index contributed by atoms with van der Waals surface area (Å²) >= 11 is 0. The van der Waals surface area contributed by atoms with E-state index in [4.69, 9.17) is 0 Å². The molecule has 0 aromatic heterocycles. The van der Waals surface area contributed by atoms with Crippen LogP contribution in [-0.2, 0) is 6.42 Å². The molecule has 0 aliphatic heterocycles. The quantitative estimate of drug-likeness (QED) is 0.449. The second-order valence-electron chi connectivity index (χ2n) is 7.31. The van der Waals surface area contributed by atoms with Crippen LogP contribution in [0.1, 0.15) is 58.6 Å². The van der Waals surface area contributed by atoms with Crippen molar-refractivity contribution in [1.82, 2.24) is 0 Å². The fourth-order valence-electron chi connectivity index (χ4n) is 3.58. The van der Waals surface area contributed by atoms with E-state index in [-0.39, 0.29) is 0 Å². The maximum absolute atomic E-state index is 3.35. The Labute approximate surface area is 160 Å². The van der Waals surface area contributed by atoms with Crippen molar-refractivity contribution in [3.8, 4) is 0 Å². The molecule has 136 valence electrons. The molecule has 0 fully saturated rings. The van der Waals surface area contributed by atoms with Gasteiger partial charge in [-0.15, -0.1) is 0 Å². The van der Waals surface area contributed by atoms with Gasteiger partial charge in [0.15, 0.2) is 5.57 Å². The lowest BCUT2D eigenvalue weighted by Gasteiger charge is -2.10. The zero-order chi connectivity index (χ0) is 18.9. The summed E-state index contributed by atoms with van der Waals surface area (Å²) in [4.78, 5) is 0. The Hall–Kier alpha value is -2.17. The number of allylic oxidation sites excluding steroid dienone is 10. The minimum Gasteiger partial charge on any atom is -0.0838 e. The number of rotatable bonds is 7. The highest BCUT2D eigenvalue weighted by Gasteiger charge is 2.18. The molecule has 0 saturated heterocycles. The van der Waals surface area contributed by atoms with Crippen molar-refractivity contribution in [3.05, 3.63) is 89.1 Å². The van der Waals surface area contributed by atoms with Crippen LogP contribution < -0.4 is 0 Å². The minimum atomic E-state index is 0.441. The third-order valence-electron chi connectivity index (χ3n) is 4.98. The first-order valence-corrected chi connectivity index (χ1v) is 9.95. The summed E-state index contributed by atoms with van der Waals surface area (Å²) in [5.74, 6) is 0.939. The van der Waals surface area contributed by atoms with Crippen LogP contribution in [0.25, 0.3) is 5.57 Å². The van der Waals surface area contributed by atoms with Crippen molar-refractivity contribution in [2.75, 3.05) is 0 Å². The van der Waals surface area contributed by atoms with Crippen LogP contribution in [0.2, 0.25) is 0 Å². The fraction of sp³-hybridized carbons (Fsp3) is 0.385. The van der Waals surface area contributed by atoms with E-state index in [2.05, 4.69) is 94.5 Å². The molecule has 0 nitrogen and oxygen atoms in total. The Bertz CT molecular complexity index is 718. The Morgan fingerprint density at radius 2 is 1.88 bits per heavy atom. The molecule has 26 heavy (non-hydrogen) atoms. The van der Waals surface area contributed by atoms with E-state index < -0.39 is 0 Å². The molecule has 1 aliphatic carbocycles. The maximum atomic E-state index is 3.35. The van der Waals surface area contributed by atoms with Gasteiger partial charge in [-0.3, -0.25) is 0 Å². The van der Waals surface area contributed by atoms with Crippen molar-refractivity contribution in [2.24, 2.45) is 11.8 Å². The van der Waals surface area contributed by atoms with Crippen molar-refractivity contribution >= 4 is 5.57 Å². The SMILES string of the molecule is C[C+]=C(C1=CC=CC(Cc2ccc(C(=CC)CCC)cc2)C=C1)C(C)C. The van der Waals surface area contributed by atoms with E-state index in [1.165, 1.54) is 34.3 Å². The molecule has 0 heterocycles. The summed E-state index contributed by atoms with van der Waals surface area (Å²) in [6.07, 6.45) is 20.3. The first kappa shape index (κ1) is 20.1. The van der Waals surface area contributed by atoms with Crippen LogP contribution in [0.15, 0.2) is 71.9 Å². The molecule has 1 aromatic rings. The van der Waals surface area contributed by atoms with Crippen LogP contribution in [-0.4, -0.2) is 0 Å². The third kappa shape index (κ3) is 5.41. The Morgan fingerprint density at radius 3 is 2.46 bits per heavy atom. The van der Waals surface area contributed by atoms with Crippen molar-refractivity contribution in [1.29, 1.82) is 0 Å². The molecule has 0 spiro atoms. The molecular formula is C26H33+. The molecule has 1 atom stereocenters. The Kier molecular flexibility index (Phi) is 7.82. The largest absolute Gasteiger partial charge is 0.176 e. The molecule has 1 unspecified atom stereocenters. The van der Waals surface area contributed by atoms with E-state index in [0.29, 0.717) is 11.8 Å². The molecule has 1 aliphatic rings. The van der Waals surface area contributed by atoms with Crippen LogP contribution in [0, 0.1) is 17.9 Å². The standard InChI is InChI=1S/C26H33/c1-6-10-23(7-2)24-16-13-22(14-17-24)19-21-11-9-12-25(18-15-21)26(8-3)20(4)5/h7,9,11-18,20-21H,6,10,19H2,1-5H3/q+1. The van der Waals surface area contributed by atoms with Crippen LogP contribution in [0.4, 0.5) is 0 Å². The van der Waals surface area contributed by atoms with Crippen molar-refractivity contribution < 1.29 is 0 Å². The van der Waals surface area contributed by atoms with Gasteiger partial charge in [0, 0.05) is 24.0 Å². The fourth-order valence-corrected chi connectivity index (χ4v) is 3.58. The highest BCUT2D eigenvalue weighted by molar-refractivity contribution is 5.65. The van der Waals surface area contributed by atoms with E-state index >= 15 is 0 Å². The van der Waals surface area contributed by atoms with Crippen LogP contribution in [0.3, 0.4) is 0 Å². The molecule has 0 bridgehead atoms. The highest BCUT2D eigenvalue weighted by atomic mass is 14.1. The molecular weight excluding hydrogens is 312 g/mol. The normalized spacial score (nSPS) is 17.9.